The SMILES string of the molecule is CC(C)CC(N)C(=O)NC(C(=O)NC(CCCCN)C(=O)NC(Cc1ccccc1)C(=O)O)C(C)C. The Morgan fingerprint density at radius 2 is 1.47 bits per heavy atom. The molecule has 1 aromatic carbocycles. The van der Waals surface area contributed by atoms with Gasteiger partial charge in [0.2, 0.25) is 17.7 Å². The van der Waals surface area contributed by atoms with E-state index in [1.165, 1.54) is 0 Å². The lowest BCUT2D eigenvalue weighted by Crippen LogP contribution is -2.58. The molecule has 10 nitrogen and oxygen atoms in total. The Bertz CT molecular complexity index is 846. The van der Waals surface area contributed by atoms with Gasteiger partial charge in [-0.2, -0.15) is 0 Å². The van der Waals surface area contributed by atoms with Crippen LogP contribution in [-0.4, -0.2) is 59.5 Å². The van der Waals surface area contributed by atoms with Crippen LogP contribution in [0.4, 0.5) is 0 Å². The average molecular weight is 506 g/mol. The second-order valence-corrected chi connectivity index (χ2v) is 9.90. The summed E-state index contributed by atoms with van der Waals surface area (Å²) in [7, 11) is 0. The Balaban J connectivity index is 2.97. The summed E-state index contributed by atoms with van der Waals surface area (Å²) in [4.78, 5) is 50.6. The van der Waals surface area contributed by atoms with Gasteiger partial charge in [-0.05, 0) is 49.6 Å². The van der Waals surface area contributed by atoms with Crippen molar-refractivity contribution in [2.45, 2.75) is 84.0 Å². The number of amides is 3. The minimum absolute atomic E-state index is 0.101. The van der Waals surface area contributed by atoms with Gasteiger partial charge in [0.25, 0.3) is 0 Å². The highest BCUT2D eigenvalue weighted by Gasteiger charge is 2.31. The number of carbonyl (C=O) groups excluding carboxylic acids is 3. The molecule has 0 bridgehead atoms. The molecule has 0 radical (unpaired) electrons. The molecule has 10 heteroatoms. The fourth-order valence-electron chi connectivity index (χ4n) is 3.76. The zero-order valence-electron chi connectivity index (χ0n) is 21.8. The number of rotatable bonds is 16. The molecule has 0 aliphatic carbocycles. The first-order valence-corrected chi connectivity index (χ1v) is 12.6. The molecule has 0 saturated heterocycles. The number of aliphatic carboxylic acids is 1. The molecule has 0 aromatic heterocycles. The van der Waals surface area contributed by atoms with Crippen LogP contribution in [0.2, 0.25) is 0 Å². The zero-order valence-corrected chi connectivity index (χ0v) is 21.8. The predicted octanol–water partition coefficient (Wildman–Crippen LogP) is 0.927. The van der Waals surface area contributed by atoms with Gasteiger partial charge in [0.15, 0.2) is 0 Å². The largest absolute Gasteiger partial charge is 0.480 e. The highest BCUT2D eigenvalue weighted by Crippen LogP contribution is 2.09. The van der Waals surface area contributed by atoms with E-state index in [1.54, 1.807) is 38.1 Å². The molecule has 8 N–H and O–H groups in total. The maximum atomic E-state index is 13.1. The maximum absolute atomic E-state index is 13.1. The van der Waals surface area contributed by atoms with Crippen LogP contribution in [-0.2, 0) is 25.6 Å². The molecule has 1 aromatic rings. The lowest BCUT2D eigenvalue weighted by Gasteiger charge is -2.27. The summed E-state index contributed by atoms with van der Waals surface area (Å²) in [6.07, 6.45) is 2.05. The topological polar surface area (TPSA) is 177 Å². The van der Waals surface area contributed by atoms with Crippen LogP contribution in [0.3, 0.4) is 0 Å². The van der Waals surface area contributed by atoms with Gasteiger partial charge in [-0.1, -0.05) is 58.0 Å². The van der Waals surface area contributed by atoms with Gasteiger partial charge in [0.05, 0.1) is 6.04 Å². The predicted molar refractivity (Wildman–Crippen MR) is 139 cm³/mol. The van der Waals surface area contributed by atoms with E-state index >= 15 is 0 Å². The fourth-order valence-corrected chi connectivity index (χ4v) is 3.76. The quantitative estimate of drug-likeness (QED) is 0.181. The van der Waals surface area contributed by atoms with Crippen LogP contribution in [0.5, 0.6) is 0 Å². The molecule has 1 rings (SSSR count). The van der Waals surface area contributed by atoms with Crippen molar-refractivity contribution in [1.29, 1.82) is 0 Å². The van der Waals surface area contributed by atoms with Crippen molar-refractivity contribution >= 4 is 23.7 Å². The Labute approximate surface area is 213 Å². The minimum atomic E-state index is -1.18. The summed E-state index contributed by atoms with van der Waals surface area (Å²) in [5.74, 6) is -2.79. The maximum Gasteiger partial charge on any atom is 0.326 e. The molecule has 0 saturated carbocycles. The molecule has 0 aliphatic heterocycles. The van der Waals surface area contributed by atoms with E-state index in [0.29, 0.717) is 25.8 Å². The smallest absolute Gasteiger partial charge is 0.326 e. The molecule has 0 aliphatic rings. The van der Waals surface area contributed by atoms with Crippen LogP contribution in [0.15, 0.2) is 30.3 Å². The van der Waals surface area contributed by atoms with Crippen molar-refractivity contribution in [3.8, 4) is 0 Å². The van der Waals surface area contributed by atoms with Gasteiger partial charge in [-0.25, -0.2) is 4.79 Å². The Morgan fingerprint density at radius 1 is 0.861 bits per heavy atom. The second-order valence-electron chi connectivity index (χ2n) is 9.90. The van der Waals surface area contributed by atoms with E-state index in [-0.39, 0.29) is 24.7 Å². The molecule has 4 unspecified atom stereocenters. The summed E-state index contributed by atoms with van der Waals surface area (Å²) in [5.41, 5.74) is 12.3. The van der Waals surface area contributed by atoms with Crippen LogP contribution in [0.25, 0.3) is 0 Å². The van der Waals surface area contributed by atoms with Crippen LogP contribution in [0.1, 0.15) is 58.9 Å². The first kappa shape index (κ1) is 31.1. The van der Waals surface area contributed by atoms with Gasteiger partial charge in [0, 0.05) is 6.42 Å². The van der Waals surface area contributed by atoms with Gasteiger partial charge in [-0.3, -0.25) is 14.4 Å². The molecule has 202 valence electrons. The zero-order chi connectivity index (χ0) is 27.3. The molecule has 0 fully saturated rings. The van der Waals surface area contributed by atoms with E-state index in [2.05, 4.69) is 16.0 Å². The third kappa shape index (κ3) is 11.2. The van der Waals surface area contributed by atoms with Gasteiger partial charge >= 0.3 is 5.97 Å². The molecule has 0 heterocycles. The van der Waals surface area contributed by atoms with E-state index in [0.717, 1.165) is 5.56 Å². The van der Waals surface area contributed by atoms with Gasteiger partial charge in [0.1, 0.15) is 18.1 Å². The van der Waals surface area contributed by atoms with Crippen molar-refractivity contribution < 1.29 is 24.3 Å². The van der Waals surface area contributed by atoms with Crippen molar-refractivity contribution in [1.82, 2.24) is 16.0 Å². The number of carbonyl (C=O) groups is 4. The number of nitrogens with two attached hydrogens (primary N) is 2. The monoisotopic (exact) mass is 505 g/mol. The van der Waals surface area contributed by atoms with Gasteiger partial charge < -0.3 is 32.5 Å². The van der Waals surface area contributed by atoms with E-state index < -0.39 is 47.9 Å². The molecule has 36 heavy (non-hydrogen) atoms. The third-order valence-corrected chi connectivity index (χ3v) is 5.79. The molecular formula is C26H43N5O5. The van der Waals surface area contributed by atoms with Crippen molar-refractivity contribution in [2.75, 3.05) is 6.54 Å². The van der Waals surface area contributed by atoms with Crippen molar-refractivity contribution in [2.24, 2.45) is 23.3 Å². The minimum Gasteiger partial charge on any atom is -0.480 e. The molecule has 0 spiro atoms. The number of benzene rings is 1. The Hall–Kier alpha value is -2.98. The van der Waals surface area contributed by atoms with Gasteiger partial charge in [-0.15, -0.1) is 0 Å². The lowest BCUT2D eigenvalue weighted by molar-refractivity contribution is -0.142. The van der Waals surface area contributed by atoms with Crippen molar-refractivity contribution in [3.05, 3.63) is 35.9 Å². The molecule has 3 amide bonds. The van der Waals surface area contributed by atoms with E-state index in [9.17, 15) is 24.3 Å². The fraction of sp³-hybridized carbons (Fsp3) is 0.615. The molecule has 4 atom stereocenters. The highest BCUT2D eigenvalue weighted by molar-refractivity contribution is 5.94. The number of hydrogen-bond donors (Lipinski definition) is 6. The lowest BCUT2D eigenvalue weighted by atomic mass is 9.99. The van der Waals surface area contributed by atoms with Crippen LogP contribution in [0, 0.1) is 11.8 Å². The van der Waals surface area contributed by atoms with Crippen molar-refractivity contribution in [3.63, 3.8) is 0 Å². The van der Waals surface area contributed by atoms with Crippen LogP contribution >= 0.6 is 0 Å². The van der Waals surface area contributed by atoms with Crippen LogP contribution < -0.4 is 27.4 Å². The Morgan fingerprint density at radius 3 is 2.00 bits per heavy atom. The standard InChI is InChI=1S/C26H43N5O5/c1-16(2)14-19(28)23(32)31-22(17(3)4)25(34)29-20(12-8-9-13-27)24(33)30-21(26(35)36)15-18-10-6-5-7-11-18/h5-7,10-11,16-17,19-22H,8-9,12-15,27-28H2,1-4H3,(H,29,34)(H,30,33)(H,31,32)(H,35,36). The first-order chi connectivity index (χ1) is 17.0. The third-order valence-electron chi connectivity index (χ3n) is 5.79. The summed E-state index contributed by atoms with van der Waals surface area (Å²) in [6.45, 7) is 7.89. The number of carboxylic acids is 1. The number of unbranched alkanes of at least 4 members (excludes halogenated alkanes) is 1. The first-order valence-electron chi connectivity index (χ1n) is 12.6. The number of carboxylic acid groups (broad SMARTS) is 1. The van der Waals surface area contributed by atoms with E-state index in [1.807, 2.05) is 19.9 Å². The summed E-state index contributed by atoms with van der Waals surface area (Å²) < 4.78 is 0. The van der Waals surface area contributed by atoms with E-state index in [4.69, 9.17) is 11.5 Å². The molecular weight excluding hydrogens is 462 g/mol. The summed E-state index contributed by atoms with van der Waals surface area (Å²) in [6, 6.07) is 5.16. The normalized spacial score (nSPS) is 14.6. The number of nitrogens with one attached hydrogen (secondary N) is 3. The second kappa shape index (κ2) is 15.9. The Kier molecular flexibility index (Phi) is 13.7. The summed E-state index contributed by atoms with van der Waals surface area (Å²) in [5, 5.41) is 17.6. The number of hydrogen-bond acceptors (Lipinski definition) is 6. The highest BCUT2D eigenvalue weighted by atomic mass is 16.4. The summed E-state index contributed by atoms with van der Waals surface area (Å²) >= 11 is 0. The average Bonchev–Trinajstić information content (AvgIpc) is 2.81.